The van der Waals surface area contributed by atoms with Crippen molar-refractivity contribution in [3.8, 4) is 0 Å². The second-order valence-electron chi connectivity index (χ2n) is 2.57. The van der Waals surface area contributed by atoms with E-state index >= 15 is 0 Å². The van der Waals surface area contributed by atoms with E-state index in [1.165, 1.54) is 0 Å². The molecule has 0 fully saturated rings. The van der Waals surface area contributed by atoms with Crippen molar-refractivity contribution in [3.05, 3.63) is 24.4 Å². The Kier molecular flexibility index (Phi) is 4.42. The monoisotopic (exact) mass is 152 g/mol. The van der Waals surface area contributed by atoms with Gasteiger partial charge in [0.1, 0.15) is 0 Å². The van der Waals surface area contributed by atoms with Crippen molar-refractivity contribution < 1.29 is 0 Å². The van der Waals surface area contributed by atoms with Crippen LogP contribution in [0, 0.1) is 0 Å². The molecule has 62 valence electrons. The summed E-state index contributed by atoms with van der Waals surface area (Å²) in [6.45, 7) is 8.03. The lowest BCUT2D eigenvalue weighted by Crippen LogP contribution is -2.09. The van der Waals surface area contributed by atoms with Gasteiger partial charge in [0.25, 0.3) is 0 Å². The van der Waals surface area contributed by atoms with Crippen molar-refractivity contribution in [1.29, 1.82) is 0 Å². The largest absolute Gasteiger partial charge is 0.179 e. The molecule has 2 nitrogen and oxygen atoms in total. The molecule has 2 heteroatoms. The molecule has 0 aromatic carbocycles. The zero-order chi connectivity index (χ0) is 8.74. The van der Waals surface area contributed by atoms with Gasteiger partial charge in [-0.2, -0.15) is 10.2 Å². The summed E-state index contributed by atoms with van der Waals surface area (Å²) < 4.78 is 0. The van der Waals surface area contributed by atoms with Crippen LogP contribution in [0.5, 0.6) is 0 Å². The predicted octanol–water partition coefficient (Wildman–Crippen LogP) is 3.33. The maximum Gasteiger partial charge on any atom is 0.0946 e. The Labute approximate surface area is 68.7 Å². The molecule has 11 heavy (non-hydrogen) atoms. The fourth-order valence-electron chi connectivity index (χ4n) is 0.595. The molecule has 0 aromatic rings. The predicted molar refractivity (Wildman–Crippen MR) is 48.6 cm³/mol. The maximum atomic E-state index is 4.01. The van der Waals surface area contributed by atoms with E-state index in [0.29, 0.717) is 0 Å². The van der Waals surface area contributed by atoms with Gasteiger partial charge in [-0.25, -0.2) is 0 Å². The number of allylic oxidation sites excluding steroid dienone is 2. The minimum atomic E-state index is -0.122. The zero-order valence-electron chi connectivity index (χ0n) is 7.70. The Hall–Kier alpha value is -0.920. The third-order valence-electron chi connectivity index (χ3n) is 1.08. The molecule has 0 aliphatic carbocycles. The minimum absolute atomic E-state index is 0.122. The maximum absolute atomic E-state index is 4.01. The van der Waals surface area contributed by atoms with Crippen LogP contribution in [0.3, 0.4) is 0 Å². The van der Waals surface area contributed by atoms with Gasteiger partial charge in [-0.1, -0.05) is 26.0 Å². The van der Waals surface area contributed by atoms with E-state index in [-0.39, 0.29) is 5.54 Å². The smallest absolute Gasteiger partial charge is 0.0946 e. The van der Waals surface area contributed by atoms with E-state index in [2.05, 4.69) is 10.2 Å². The molecule has 0 aromatic heterocycles. The van der Waals surface area contributed by atoms with Crippen molar-refractivity contribution in [3.63, 3.8) is 0 Å². The molecule has 0 saturated carbocycles. The molecule has 0 radical (unpaired) electrons. The van der Waals surface area contributed by atoms with Gasteiger partial charge in [-0.15, -0.1) is 0 Å². The highest BCUT2D eigenvalue weighted by Gasteiger charge is 2.10. The molecule has 1 rings (SSSR count). The third kappa shape index (κ3) is 4.48. The molecule has 0 bridgehead atoms. The molecule has 0 N–H and O–H groups in total. The second-order valence-corrected chi connectivity index (χ2v) is 2.57. The number of hydrogen-bond acceptors (Lipinski definition) is 2. The average Bonchev–Trinajstić information content (AvgIpc) is 2.17. The topological polar surface area (TPSA) is 24.7 Å². The van der Waals surface area contributed by atoms with Gasteiger partial charge in [-0.3, -0.25) is 0 Å². The van der Waals surface area contributed by atoms with Crippen LogP contribution in [0.4, 0.5) is 0 Å². The van der Waals surface area contributed by atoms with E-state index in [1.54, 1.807) is 6.20 Å². The normalized spacial score (nSPS) is 18.5. The van der Waals surface area contributed by atoms with Crippen molar-refractivity contribution in [2.75, 3.05) is 0 Å². The Morgan fingerprint density at radius 3 is 2.36 bits per heavy atom. The number of rotatable bonds is 0. The molecule has 1 aliphatic rings. The summed E-state index contributed by atoms with van der Waals surface area (Å²) in [5.74, 6) is 0. The van der Waals surface area contributed by atoms with Gasteiger partial charge in [0.2, 0.25) is 0 Å². The highest BCUT2D eigenvalue weighted by Crippen LogP contribution is 2.13. The molecule has 0 spiro atoms. The van der Waals surface area contributed by atoms with Crippen LogP contribution in [0.1, 0.15) is 27.7 Å². The summed E-state index contributed by atoms with van der Waals surface area (Å²) in [7, 11) is 0. The van der Waals surface area contributed by atoms with Gasteiger partial charge >= 0.3 is 0 Å². The molecule has 0 saturated heterocycles. The van der Waals surface area contributed by atoms with Crippen LogP contribution in [0.15, 0.2) is 34.7 Å². The van der Waals surface area contributed by atoms with Crippen molar-refractivity contribution >= 4 is 0 Å². The summed E-state index contributed by atoms with van der Waals surface area (Å²) in [5, 5.41) is 7.81. The molecule has 1 aliphatic heterocycles. The Morgan fingerprint density at radius 2 is 1.73 bits per heavy atom. The van der Waals surface area contributed by atoms with Crippen molar-refractivity contribution in [2.45, 2.75) is 33.2 Å². The highest BCUT2D eigenvalue weighted by atomic mass is 15.1. The van der Waals surface area contributed by atoms with Crippen LogP contribution < -0.4 is 0 Å². The van der Waals surface area contributed by atoms with Gasteiger partial charge in [0.05, 0.1) is 5.54 Å². The lowest BCUT2D eigenvalue weighted by molar-refractivity contribution is 0.621. The van der Waals surface area contributed by atoms with E-state index in [0.717, 1.165) is 0 Å². The number of azo groups is 1. The van der Waals surface area contributed by atoms with Gasteiger partial charge in [0.15, 0.2) is 0 Å². The van der Waals surface area contributed by atoms with Crippen LogP contribution in [0.2, 0.25) is 0 Å². The lowest BCUT2D eigenvalue weighted by atomic mass is 10.1. The minimum Gasteiger partial charge on any atom is -0.179 e. The summed E-state index contributed by atoms with van der Waals surface area (Å²) in [5.41, 5.74) is -0.122. The molecular weight excluding hydrogens is 136 g/mol. The quantitative estimate of drug-likeness (QED) is 0.508. The average molecular weight is 152 g/mol. The van der Waals surface area contributed by atoms with Crippen LogP contribution in [-0.2, 0) is 0 Å². The van der Waals surface area contributed by atoms with Crippen molar-refractivity contribution in [1.82, 2.24) is 0 Å². The van der Waals surface area contributed by atoms with E-state index in [4.69, 9.17) is 0 Å². The SMILES string of the molecule is CC.CC1(C)C=CC=CN=N1. The summed E-state index contributed by atoms with van der Waals surface area (Å²) in [6.07, 6.45) is 7.53. The van der Waals surface area contributed by atoms with E-state index < -0.39 is 0 Å². The molecule has 1 heterocycles. The first-order chi connectivity index (χ1) is 5.21. The van der Waals surface area contributed by atoms with Crippen molar-refractivity contribution in [2.24, 2.45) is 10.2 Å². The van der Waals surface area contributed by atoms with E-state index in [1.807, 2.05) is 45.9 Å². The van der Waals surface area contributed by atoms with Gasteiger partial charge in [-0.05, 0) is 19.9 Å². The van der Waals surface area contributed by atoms with E-state index in [9.17, 15) is 0 Å². The van der Waals surface area contributed by atoms with Gasteiger partial charge in [0, 0.05) is 6.20 Å². The summed E-state index contributed by atoms with van der Waals surface area (Å²) in [4.78, 5) is 0. The Bertz CT molecular complexity index is 158. The van der Waals surface area contributed by atoms with Gasteiger partial charge < -0.3 is 0 Å². The summed E-state index contributed by atoms with van der Waals surface area (Å²) in [6, 6.07) is 0. The fraction of sp³-hybridized carbons (Fsp3) is 0.556. The number of hydrogen-bond donors (Lipinski definition) is 0. The molecule has 0 amide bonds. The standard InChI is InChI=1S/C7H10N2.C2H6/c1-7(2)5-3-4-6-8-9-7;1-2/h3-6H,1-2H3;1-2H3. The molecule has 0 atom stereocenters. The van der Waals surface area contributed by atoms with Crippen LogP contribution >= 0.6 is 0 Å². The first-order valence-electron chi connectivity index (χ1n) is 3.97. The number of nitrogens with zero attached hydrogens (tertiary/aromatic N) is 2. The summed E-state index contributed by atoms with van der Waals surface area (Å²) >= 11 is 0. The Balaban J connectivity index is 0.000000461. The second kappa shape index (κ2) is 4.83. The molecule has 0 unspecified atom stereocenters. The zero-order valence-corrected chi connectivity index (χ0v) is 7.70. The lowest BCUT2D eigenvalue weighted by Gasteiger charge is -2.09. The first kappa shape index (κ1) is 10.1. The van der Waals surface area contributed by atoms with Crippen LogP contribution in [0.25, 0.3) is 0 Å². The fourth-order valence-corrected chi connectivity index (χ4v) is 0.595. The first-order valence-corrected chi connectivity index (χ1v) is 3.97. The highest BCUT2D eigenvalue weighted by molar-refractivity contribution is 5.11. The third-order valence-corrected chi connectivity index (χ3v) is 1.08. The molecular formula is C9H16N2. The Morgan fingerprint density at radius 1 is 1.09 bits per heavy atom. The van der Waals surface area contributed by atoms with Crippen LogP contribution in [-0.4, -0.2) is 5.54 Å².